The minimum Gasteiger partial charge on any atom is -0.309 e. The topological polar surface area (TPSA) is 15.3 Å². The Balaban J connectivity index is 0.00000133. The van der Waals surface area contributed by atoms with Gasteiger partial charge in [0.2, 0.25) is 0 Å². The summed E-state index contributed by atoms with van der Waals surface area (Å²) in [4.78, 5) is 2.70. The smallest absolute Gasteiger partial charge is 0.0352 e. The zero-order chi connectivity index (χ0) is 12.5. The number of piperazine rings is 1. The van der Waals surface area contributed by atoms with Crippen LogP contribution in [0.2, 0.25) is 0 Å². The summed E-state index contributed by atoms with van der Waals surface area (Å²) >= 11 is 0. The van der Waals surface area contributed by atoms with Gasteiger partial charge in [-0.05, 0) is 44.2 Å². The van der Waals surface area contributed by atoms with E-state index >= 15 is 0 Å². The van der Waals surface area contributed by atoms with Gasteiger partial charge in [0, 0.05) is 31.2 Å². The fraction of sp³-hybridized carbons (Fsp3) is 0.625. The van der Waals surface area contributed by atoms with Gasteiger partial charge >= 0.3 is 0 Å². The van der Waals surface area contributed by atoms with E-state index in [1.807, 2.05) is 0 Å². The van der Waals surface area contributed by atoms with Crippen LogP contribution in [0.1, 0.15) is 43.9 Å². The molecule has 0 aromatic heterocycles. The number of fused-ring (bicyclic) bond motifs is 1. The number of rotatable bonds is 1. The van der Waals surface area contributed by atoms with Crippen LogP contribution in [-0.2, 0) is 6.42 Å². The van der Waals surface area contributed by atoms with E-state index in [9.17, 15) is 0 Å². The molecule has 1 aliphatic heterocycles. The zero-order valence-electron chi connectivity index (χ0n) is 11.9. The molecular formula is C16H25ClN2. The van der Waals surface area contributed by atoms with Gasteiger partial charge in [0.25, 0.3) is 0 Å². The predicted octanol–water partition coefficient (Wildman–Crippen LogP) is 3.17. The number of hydrogen-bond acceptors (Lipinski definition) is 2. The molecule has 2 aliphatic rings. The summed E-state index contributed by atoms with van der Waals surface area (Å²) in [5, 5.41) is 3.63. The summed E-state index contributed by atoms with van der Waals surface area (Å²) in [7, 11) is 0. The second-order valence-corrected chi connectivity index (χ2v) is 6.03. The molecule has 3 heteroatoms. The van der Waals surface area contributed by atoms with E-state index in [4.69, 9.17) is 0 Å². The Hall–Kier alpha value is -0.570. The Morgan fingerprint density at radius 3 is 2.53 bits per heavy atom. The largest absolute Gasteiger partial charge is 0.309 e. The van der Waals surface area contributed by atoms with E-state index in [-0.39, 0.29) is 12.4 Å². The molecule has 3 unspecified atom stereocenters. The molecule has 1 aromatic rings. The van der Waals surface area contributed by atoms with Crippen molar-refractivity contribution >= 4 is 12.4 Å². The van der Waals surface area contributed by atoms with Crippen LogP contribution in [0.4, 0.5) is 0 Å². The van der Waals surface area contributed by atoms with Crippen molar-refractivity contribution in [3.63, 3.8) is 0 Å². The quantitative estimate of drug-likeness (QED) is 0.850. The third-order valence-electron chi connectivity index (χ3n) is 4.36. The number of benzene rings is 1. The molecule has 1 fully saturated rings. The van der Waals surface area contributed by atoms with E-state index in [1.54, 1.807) is 11.1 Å². The van der Waals surface area contributed by atoms with E-state index in [2.05, 4.69) is 48.3 Å². The van der Waals surface area contributed by atoms with Crippen molar-refractivity contribution in [1.82, 2.24) is 10.2 Å². The molecule has 1 aromatic carbocycles. The molecule has 0 bridgehead atoms. The lowest BCUT2D eigenvalue weighted by atomic mass is 9.86. The molecule has 19 heavy (non-hydrogen) atoms. The third-order valence-corrected chi connectivity index (χ3v) is 4.36. The number of nitrogens with one attached hydrogen (secondary N) is 1. The first kappa shape index (κ1) is 14.8. The van der Waals surface area contributed by atoms with Crippen LogP contribution in [0.5, 0.6) is 0 Å². The van der Waals surface area contributed by atoms with E-state index < -0.39 is 0 Å². The first-order valence-corrected chi connectivity index (χ1v) is 7.32. The molecule has 106 valence electrons. The predicted molar refractivity (Wildman–Crippen MR) is 83.0 cm³/mol. The number of nitrogens with zero attached hydrogens (tertiary/aromatic N) is 1. The normalized spacial score (nSPS) is 31.4. The molecule has 0 saturated carbocycles. The first-order valence-electron chi connectivity index (χ1n) is 7.32. The Morgan fingerprint density at radius 2 is 1.79 bits per heavy atom. The molecule has 0 radical (unpaired) electrons. The fourth-order valence-corrected chi connectivity index (χ4v) is 3.73. The molecule has 2 nitrogen and oxygen atoms in total. The van der Waals surface area contributed by atoms with E-state index in [0.29, 0.717) is 18.1 Å². The highest BCUT2D eigenvalue weighted by molar-refractivity contribution is 5.85. The van der Waals surface area contributed by atoms with Crippen LogP contribution in [0.15, 0.2) is 24.3 Å². The highest BCUT2D eigenvalue weighted by Gasteiger charge is 2.30. The van der Waals surface area contributed by atoms with Crippen LogP contribution >= 0.6 is 12.4 Å². The maximum atomic E-state index is 3.63. The second-order valence-electron chi connectivity index (χ2n) is 6.03. The Bertz CT molecular complexity index is 411. The van der Waals surface area contributed by atoms with Gasteiger partial charge in [0.15, 0.2) is 0 Å². The maximum Gasteiger partial charge on any atom is 0.0352 e. The highest BCUT2D eigenvalue weighted by atomic mass is 35.5. The summed E-state index contributed by atoms with van der Waals surface area (Å²) < 4.78 is 0. The highest BCUT2D eigenvalue weighted by Crippen LogP contribution is 2.34. The van der Waals surface area contributed by atoms with Crippen molar-refractivity contribution in [3.05, 3.63) is 35.4 Å². The van der Waals surface area contributed by atoms with Crippen molar-refractivity contribution in [2.24, 2.45) is 0 Å². The molecule has 0 spiro atoms. The Labute approximate surface area is 123 Å². The minimum absolute atomic E-state index is 0. The molecule has 3 rings (SSSR count). The number of halogens is 1. The molecule has 1 N–H and O–H groups in total. The summed E-state index contributed by atoms with van der Waals surface area (Å²) in [6.45, 7) is 6.97. The van der Waals surface area contributed by atoms with Gasteiger partial charge in [-0.1, -0.05) is 24.3 Å². The molecule has 3 atom stereocenters. The molecule has 1 heterocycles. The van der Waals surface area contributed by atoms with Gasteiger partial charge < -0.3 is 5.32 Å². The number of hydrogen-bond donors (Lipinski definition) is 1. The Kier molecular flexibility index (Phi) is 4.88. The fourth-order valence-electron chi connectivity index (χ4n) is 3.73. The lowest BCUT2D eigenvalue weighted by Gasteiger charge is -2.43. The van der Waals surface area contributed by atoms with Crippen molar-refractivity contribution < 1.29 is 0 Å². The zero-order valence-corrected chi connectivity index (χ0v) is 12.7. The van der Waals surface area contributed by atoms with Crippen molar-refractivity contribution in [2.75, 3.05) is 13.1 Å². The van der Waals surface area contributed by atoms with Crippen LogP contribution in [0.3, 0.4) is 0 Å². The van der Waals surface area contributed by atoms with Crippen LogP contribution in [-0.4, -0.2) is 30.1 Å². The Morgan fingerprint density at radius 1 is 1.11 bits per heavy atom. The van der Waals surface area contributed by atoms with Gasteiger partial charge in [0.1, 0.15) is 0 Å². The van der Waals surface area contributed by atoms with Gasteiger partial charge in [-0.2, -0.15) is 0 Å². The van der Waals surface area contributed by atoms with Gasteiger partial charge in [-0.3, -0.25) is 4.90 Å². The second kappa shape index (κ2) is 6.25. The van der Waals surface area contributed by atoms with Crippen LogP contribution in [0, 0.1) is 0 Å². The van der Waals surface area contributed by atoms with Crippen LogP contribution in [0.25, 0.3) is 0 Å². The number of aryl methyl sites for hydroxylation is 1. The van der Waals surface area contributed by atoms with E-state index in [0.717, 1.165) is 0 Å². The molecule has 1 aliphatic carbocycles. The summed E-state index contributed by atoms with van der Waals surface area (Å²) in [6.07, 6.45) is 3.94. The SMILES string of the molecule is CC1CN(C2CCCc3ccccc32)CC(C)N1.Cl. The van der Waals surface area contributed by atoms with Crippen molar-refractivity contribution in [2.45, 2.75) is 51.2 Å². The standard InChI is InChI=1S/C16H24N2.ClH/c1-12-10-18(11-13(2)17-12)16-9-5-7-14-6-3-4-8-15(14)16;/h3-4,6,8,12-13,16-17H,5,7,9-11H2,1-2H3;1H. The first-order chi connectivity index (χ1) is 8.74. The summed E-state index contributed by atoms with van der Waals surface area (Å²) in [5.74, 6) is 0. The van der Waals surface area contributed by atoms with Gasteiger partial charge in [0.05, 0.1) is 0 Å². The van der Waals surface area contributed by atoms with Gasteiger partial charge in [-0.25, -0.2) is 0 Å². The van der Waals surface area contributed by atoms with Gasteiger partial charge in [-0.15, -0.1) is 12.4 Å². The average Bonchev–Trinajstić information content (AvgIpc) is 2.37. The monoisotopic (exact) mass is 280 g/mol. The lowest BCUT2D eigenvalue weighted by molar-refractivity contribution is 0.112. The minimum atomic E-state index is 0. The maximum absolute atomic E-state index is 3.63. The van der Waals surface area contributed by atoms with Crippen LogP contribution < -0.4 is 5.32 Å². The molecule has 1 saturated heterocycles. The third kappa shape index (κ3) is 3.13. The molecular weight excluding hydrogens is 256 g/mol. The van der Waals surface area contributed by atoms with E-state index in [1.165, 1.54) is 32.4 Å². The van der Waals surface area contributed by atoms with Crippen molar-refractivity contribution in [3.8, 4) is 0 Å². The molecule has 0 amide bonds. The van der Waals surface area contributed by atoms with Crippen molar-refractivity contribution in [1.29, 1.82) is 0 Å². The average molecular weight is 281 g/mol. The lowest BCUT2D eigenvalue weighted by Crippen LogP contribution is -2.55. The summed E-state index contributed by atoms with van der Waals surface area (Å²) in [6, 6.07) is 10.9. The summed E-state index contributed by atoms with van der Waals surface area (Å²) in [5.41, 5.74) is 3.16.